The van der Waals surface area contributed by atoms with Gasteiger partial charge in [-0.25, -0.2) is 19.3 Å². The molecule has 2 aromatic carbocycles. The first kappa shape index (κ1) is 30.4. The summed E-state index contributed by atoms with van der Waals surface area (Å²) in [7, 11) is 1.41. The van der Waals surface area contributed by atoms with Crippen molar-refractivity contribution in [3.63, 3.8) is 0 Å². The van der Waals surface area contributed by atoms with Crippen LogP contribution in [0, 0.1) is 17.7 Å². The molecule has 0 atom stereocenters. The van der Waals surface area contributed by atoms with Crippen LogP contribution >= 0.6 is 0 Å². The third-order valence-electron chi connectivity index (χ3n) is 8.06. The Morgan fingerprint density at radius 1 is 1.02 bits per heavy atom. The van der Waals surface area contributed by atoms with Gasteiger partial charge in [-0.1, -0.05) is 18.2 Å². The van der Waals surface area contributed by atoms with Gasteiger partial charge in [0.1, 0.15) is 17.3 Å². The fraction of sp³-hybridized carbons (Fsp3) is 0.375. The van der Waals surface area contributed by atoms with E-state index in [2.05, 4.69) is 19.9 Å². The summed E-state index contributed by atoms with van der Waals surface area (Å²) in [5, 5.41) is 0. The van der Waals surface area contributed by atoms with Crippen molar-refractivity contribution in [1.29, 1.82) is 0 Å². The smallest absolute Gasteiger partial charge is 0.471 e. The molecular weight excluding hydrogens is 592 g/mol. The average Bonchev–Trinajstić information content (AvgIpc) is 3.72. The number of nitrogens with zero attached hydrogens (tertiary/aromatic N) is 5. The molecule has 0 bridgehead atoms. The van der Waals surface area contributed by atoms with Crippen LogP contribution in [0.4, 0.5) is 29.1 Å². The first-order valence-electron chi connectivity index (χ1n) is 14.8. The highest BCUT2D eigenvalue weighted by molar-refractivity contribution is 5.97. The molecular formula is C32H32F4N6O3. The molecule has 0 unspecified atom stereocenters. The number of alkyl halides is 3. The molecule has 0 spiro atoms. The fourth-order valence-corrected chi connectivity index (χ4v) is 5.40. The van der Waals surface area contributed by atoms with Crippen molar-refractivity contribution >= 4 is 17.4 Å². The molecule has 2 fully saturated rings. The van der Waals surface area contributed by atoms with Crippen LogP contribution in [0.15, 0.2) is 61.1 Å². The Kier molecular flexibility index (Phi) is 8.59. The summed E-state index contributed by atoms with van der Waals surface area (Å²) in [5.41, 5.74) is 1.55. The number of H-pyrrole nitrogens is 1. The van der Waals surface area contributed by atoms with Gasteiger partial charge in [-0.15, -0.1) is 0 Å². The van der Waals surface area contributed by atoms with Gasteiger partial charge in [0.2, 0.25) is 0 Å². The highest BCUT2D eigenvalue weighted by Crippen LogP contribution is 2.36. The topological polar surface area (TPSA) is 96.5 Å². The van der Waals surface area contributed by atoms with Crippen molar-refractivity contribution in [2.24, 2.45) is 11.8 Å². The zero-order chi connectivity index (χ0) is 31.6. The van der Waals surface area contributed by atoms with Gasteiger partial charge >= 0.3 is 12.1 Å². The van der Waals surface area contributed by atoms with Crippen molar-refractivity contribution in [2.45, 2.75) is 31.9 Å². The molecule has 1 aliphatic heterocycles. The van der Waals surface area contributed by atoms with Crippen molar-refractivity contribution < 1.29 is 31.8 Å². The van der Waals surface area contributed by atoms with Gasteiger partial charge in [-0.3, -0.25) is 4.79 Å². The second kappa shape index (κ2) is 12.7. The number of aromatic amines is 1. The SMILES string of the molecule is COc1cc(OCC2CC2)cc(N(CC2CCN(c3nc(-c4cccc(-c5ncc[nH]5)c4)ncc3F)CC2)C(=O)C(F)(F)F)c1. The zero-order valence-corrected chi connectivity index (χ0v) is 24.6. The third kappa shape index (κ3) is 7.18. The fourth-order valence-electron chi connectivity index (χ4n) is 5.40. The van der Waals surface area contributed by atoms with Crippen LogP contribution in [0.1, 0.15) is 25.7 Å². The van der Waals surface area contributed by atoms with Gasteiger partial charge in [-0.05, 0) is 43.6 Å². The van der Waals surface area contributed by atoms with Crippen LogP contribution in [-0.4, -0.2) is 65.4 Å². The summed E-state index contributed by atoms with van der Waals surface area (Å²) >= 11 is 0. The zero-order valence-electron chi connectivity index (χ0n) is 24.6. The number of imidazole rings is 1. The van der Waals surface area contributed by atoms with E-state index in [1.54, 1.807) is 23.4 Å². The normalized spacial score (nSPS) is 15.6. The summed E-state index contributed by atoms with van der Waals surface area (Å²) < 4.78 is 67.4. The number of halogens is 4. The Balaban J connectivity index is 1.18. The number of rotatable bonds is 10. The molecule has 236 valence electrons. The number of carbonyl (C=O) groups excluding carboxylic acids is 1. The van der Waals surface area contributed by atoms with Crippen molar-refractivity contribution in [3.05, 3.63) is 66.9 Å². The number of piperidine rings is 1. The maximum Gasteiger partial charge on any atom is 0.471 e. The molecule has 1 saturated heterocycles. The number of amides is 1. The Morgan fingerprint density at radius 3 is 2.47 bits per heavy atom. The number of nitrogens with one attached hydrogen (secondary N) is 1. The van der Waals surface area contributed by atoms with Crippen LogP contribution in [-0.2, 0) is 4.79 Å². The van der Waals surface area contributed by atoms with Gasteiger partial charge in [-0.2, -0.15) is 13.2 Å². The van der Waals surface area contributed by atoms with Crippen LogP contribution in [0.5, 0.6) is 11.5 Å². The van der Waals surface area contributed by atoms with E-state index in [0.717, 1.165) is 29.5 Å². The lowest BCUT2D eigenvalue weighted by molar-refractivity contribution is -0.170. The first-order chi connectivity index (χ1) is 21.7. The van der Waals surface area contributed by atoms with Crippen molar-refractivity contribution in [3.8, 4) is 34.3 Å². The lowest BCUT2D eigenvalue weighted by Gasteiger charge is -2.36. The molecule has 9 nitrogen and oxygen atoms in total. The van der Waals surface area contributed by atoms with Crippen LogP contribution in [0.2, 0.25) is 0 Å². The number of hydrogen-bond acceptors (Lipinski definition) is 7. The Morgan fingerprint density at radius 2 is 1.78 bits per heavy atom. The van der Waals surface area contributed by atoms with Gasteiger partial charge in [0.05, 0.1) is 25.6 Å². The monoisotopic (exact) mass is 624 g/mol. The van der Waals surface area contributed by atoms with Crippen LogP contribution in [0.3, 0.4) is 0 Å². The molecule has 2 aromatic heterocycles. The van der Waals surface area contributed by atoms with Gasteiger partial charge in [0.25, 0.3) is 0 Å². The van der Waals surface area contributed by atoms with Crippen molar-refractivity contribution in [2.75, 3.05) is 43.2 Å². The van der Waals surface area contributed by atoms with E-state index in [1.165, 1.54) is 19.2 Å². The summed E-state index contributed by atoms with van der Waals surface area (Å²) in [5.74, 6) is -0.636. The Hall–Kier alpha value is -4.68. The number of anilines is 2. The van der Waals surface area contributed by atoms with E-state index in [9.17, 15) is 22.4 Å². The molecule has 6 rings (SSSR count). The molecule has 4 aromatic rings. The molecule has 1 saturated carbocycles. The molecule has 3 heterocycles. The minimum Gasteiger partial charge on any atom is -0.497 e. The number of ether oxygens (including phenoxy) is 2. The summed E-state index contributed by atoms with van der Waals surface area (Å²) in [6.45, 7) is 0.965. The van der Waals surface area contributed by atoms with Gasteiger partial charge in [0, 0.05) is 61.4 Å². The van der Waals surface area contributed by atoms with E-state index < -0.39 is 17.9 Å². The number of carbonyl (C=O) groups is 1. The standard InChI is InChI=1S/C32H32F4N6O3/c1-44-25-14-24(15-26(16-25)45-19-21-5-6-21)42(31(43)32(34,35)36)18-20-7-11-41(12-8-20)30-27(33)17-39-29(40-30)23-4-2-3-22(13-23)28-37-9-10-38-28/h2-4,9-10,13-17,20-21H,5-8,11-12,18-19H2,1H3,(H,37,38). The highest BCUT2D eigenvalue weighted by Gasteiger charge is 2.44. The molecule has 45 heavy (non-hydrogen) atoms. The average molecular weight is 625 g/mol. The second-order valence-corrected chi connectivity index (χ2v) is 11.3. The Bertz CT molecular complexity index is 1640. The lowest BCUT2D eigenvalue weighted by atomic mass is 9.95. The van der Waals surface area contributed by atoms with Crippen molar-refractivity contribution in [1.82, 2.24) is 19.9 Å². The van der Waals surface area contributed by atoms with E-state index in [4.69, 9.17) is 9.47 Å². The van der Waals surface area contributed by atoms with E-state index in [1.807, 2.05) is 24.3 Å². The van der Waals surface area contributed by atoms with Gasteiger partial charge < -0.3 is 24.3 Å². The highest BCUT2D eigenvalue weighted by atomic mass is 19.4. The van der Waals surface area contributed by atoms with Crippen LogP contribution in [0.25, 0.3) is 22.8 Å². The van der Waals surface area contributed by atoms with E-state index in [-0.39, 0.29) is 29.7 Å². The molecule has 0 radical (unpaired) electrons. The summed E-state index contributed by atoms with van der Waals surface area (Å²) in [4.78, 5) is 31.2. The molecule has 2 aliphatic rings. The van der Waals surface area contributed by atoms with Crippen LogP contribution < -0.4 is 19.3 Å². The maximum absolute atomic E-state index is 15.0. The molecule has 1 amide bonds. The lowest BCUT2D eigenvalue weighted by Crippen LogP contribution is -2.46. The molecule has 13 heteroatoms. The number of methoxy groups -OCH3 is 1. The summed E-state index contributed by atoms with van der Waals surface area (Å²) in [6, 6.07) is 11.8. The minimum atomic E-state index is -5.08. The number of aromatic nitrogens is 4. The largest absolute Gasteiger partial charge is 0.497 e. The van der Waals surface area contributed by atoms with Gasteiger partial charge in [0.15, 0.2) is 17.5 Å². The molecule has 1 aliphatic carbocycles. The minimum absolute atomic E-state index is 0.0492. The Labute approximate surface area is 257 Å². The quantitative estimate of drug-likeness (QED) is 0.208. The van der Waals surface area contributed by atoms with E-state index >= 15 is 0 Å². The van der Waals surface area contributed by atoms with E-state index in [0.29, 0.717) is 61.4 Å². The first-order valence-corrected chi connectivity index (χ1v) is 14.8. The second-order valence-electron chi connectivity index (χ2n) is 11.3. The third-order valence-corrected chi connectivity index (χ3v) is 8.06. The predicted molar refractivity (Wildman–Crippen MR) is 160 cm³/mol. The number of benzene rings is 2. The maximum atomic E-state index is 15.0. The predicted octanol–water partition coefficient (Wildman–Crippen LogP) is 6.28. The number of hydrogen-bond donors (Lipinski definition) is 1. The molecule has 1 N–H and O–H groups in total. The summed E-state index contributed by atoms with van der Waals surface area (Å²) in [6.07, 6.45) is 2.35.